The van der Waals surface area contributed by atoms with Gasteiger partial charge < -0.3 is 15.1 Å². The fraction of sp³-hybridized carbons (Fsp3) is 0.125. The van der Waals surface area contributed by atoms with Gasteiger partial charge in [0.2, 0.25) is 0 Å². The lowest BCUT2D eigenvalue weighted by molar-refractivity contribution is 0.321. The molecule has 1 rings (SSSR count). The molecular weight excluding hydrogens is 318 g/mol. The normalized spacial score (nSPS) is 10.8. The molecule has 0 unspecified atom stereocenters. The minimum absolute atomic E-state index is 0.00513. The van der Waals surface area contributed by atoms with Crippen LogP contribution in [0.1, 0.15) is 5.56 Å². The number of phenols is 1. The number of halogens is 2. The Balaban J connectivity index is 3.40. The predicted molar refractivity (Wildman–Crippen MR) is 59.4 cm³/mol. The van der Waals surface area contributed by atoms with E-state index < -0.39 is 0 Å². The van der Waals surface area contributed by atoms with E-state index in [9.17, 15) is 5.11 Å². The van der Waals surface area contributed by atoms with Crippen molar-refractivity contribution in [1.29, 1.82) is 0 Å². The van der Waals surface area contributed by atoms with Gasteiger partial charge in [0, 0.05) is 10.0 Å². The van der Waals surface area contributed by atoms with Gasteiger partial charge in [-0.1, -0.05) is 5.16 Å². The Morgan fingerprint density at radius 3 is 2.57 bits per heavy atom. The molecule has 0 aliphatic rings. The average Bonchev–Trinajstić information content (AvgIpc) is 2.19. The highest BCUT2D eigenvalue weighted by Crippen LogP contribution is 2.41. The highest BCUT2D eigenvalue weighted by atomic mass is 79.9. The number of oxime groups is 1. The van der Waals surface area contributed by atoms with Crippen LogP contribution in [-0.2, 0) is 0 Å². The number of aromatic hydroxyl groups is 1. The van der Waals surface area contributed by atoms with Crippen molar-refractivity contribution in [1.82, 2.24) is 0 Å². The van der Waals surface area contributed by atoms with E-state index in [-0.39, 0.29) is 5.75 Å². The van der Waals surface area contributed by atoms with Gasteiger partial charge in [-0.05, 0) is 37.9 Å². The van der Waals surface area contributed by atoms with Crippen LogP contribution in [0.4, 0.5) is 0 Å². The number of hydrogen-bond acceptors (Lipinski definition) is 4. The smallest absolute Gasteiger partial charge is 0.173 e. The molecule has 4 nitrogen and oxygen atoms in total. The molecule has 0 saturated heterocycles. The Kier molecular flexibility index (Phi) is 3.77. The zero-order valence-corrected chi connectivity index (χ0v) is 10.3. The van der Waals surface area contributed by atoms with Crippen molar-refractivity contribution < 1.29 is 15.1 Å². The van der Waals surface area contributed by atoms with E-state index in [1.54, 1.807) is 6.07 Å². The minimum Gasteiger partial charge on any atom is -0.503 e. The summed E-state index contributed by atoms with van der Waals surface area (Å²) in [6.07, 6.45) is 1.23. The van der Waals surface area contributed by atoms with E-state index in [4.69, 9.17) is 9.94 Å². The van der Waals surface area contributed by atoms with Crippen LogP contribution in [0.3, 0.4) is 0 Å². The van der Waals surface area contributed by atoms with Gasteiger partial charge >= 0.3 is 0 Å². The van der Waals surface area contributed by atoms with Crippen LogP contribution in [0.5, 0.6) is 11.5 Å². The molecule has 0 fully saturated rings. The van der Waals surface area contributed by atoms with E-state index in [1.807, 2.05) is 0 Å². The summed E-state index contributed by atoms with van der Waals surface area (Å²) in [4.78, 5) is 0. The van der Waals surface area contributed by atoms with Crippen LogP contribution in [0, 0.1) is 0 Å². The second-order valence-electron chi connectivity index (χ2n) is 2.39. The Bertz CT molecular complexity index is 379. The molecule has 0 saturated carbocycles. The molecule has 1 aromatic carbocycles. The van der Waals surface area contributed by atoms with Crippen LogP contribution in [0.15, 0.2) is 20.2 Å². The topological polar surface area (TPSA) is 62.0 Å². The monoisotopic (exact) mass is 323 g/mol. The fourth-order valence-electron chi connectivity index (χ4n) is 0.924. The minimum atomic E-state index is -0.00513. The number of rotatable bonds is 2. The van der Waals surface area contributed by atoms with Crippen LogP contribution in [0.25, 0.3) is 0 Å². The first-order valence-corrected chi connectivity index (χ1v) is 5.12. The fourth-order valence-corrected chi connectivity index (χ4v) is 1.75. The highest BCUT2D eigenvalue weighted by Gasteiger charge is 2.13. The number of nitrogens with zero attached hydrogens (tertiary/aromatic N) is 1. The van der Waals surface area contributed by atoms with Crippen LogP contribution >= 0.6 is 31.9 Å². The summed E-state index contributed by atoms with van der Waals surface area (Å²) in [7, 11) is 1.44. The van der Waals surface area contributed by atoms with Gasteiger partial charge in [0.1, 0.15) is 0 Å². The van der Waals surface area contributed by atoms with E-state index in [1.165, 1.54) is 13.3 Å². The summed E-state index contributed by atoms with van der Waals surface area (Å²) in [6.45, 7) is 0. The summed E-state index contributed by atoms with van der Waals surface area (Å²) in [5.74, 6) is 0.296. The first-order chi connectivity index (χ1) is 6.61. The maximum absolute atomic E-state index is 9.56. The summed E-state index contributed by atoms with van der Waals surface area (Å²) in [5, 5.41) is 20.9. The lowest BCUT2D eigenvalue weighted by Crippen LogP contribution is -1.91. The molecule has 6 heteroatoms. The average molecular weight is 325 g/mol. The molecule has 76 valence electrons. The summed E-state index contributed by atoms with van der Waals surface area (Å²) >= 11 is 6.40. The van der Waals surface area contributed by atoms with Gasteiger partial charge in [0.25, 0.3) is 0 Å². The second kappa shape index (κ2) is 4.65. The third-order valence-electron chi connectivity index (χ3n) is 1.59. The molecule has 0 aliphatic carbocycles. The van der Waals surface area contributed by atoms with Crippen LogP contribution in [-0.4, -0.2) is 23.6 Å². The largest absolute Gasteiger partial charge is 0.503 e. The van der Waals surface area contributed by atoms with Crippen molar-refractivity contribution in [3.8, 4) is 11.5 Å². The first kappa shape index (κ1) is 11.3. The Labute approximate surface area is 97.4 Å². The zero-order chi connectivity index (χ0) is 10.7. The Morgan fingerprint density at radius 2 is 2.07 bits per heavy atom. The first-order valence-electron chi connectivity index (χ1n) is 3.54. The van der Waals surface area contributed by atoms with E-state index >= 15 is 0 Å². The lowest BCUT2D eigenvalue weighted by Gasteiger charge is -2.08. The number of phenolic OH excluding ortho intramolecular Hbond substituents is 1. The third-order valence-corrected chi connectivity index (χ3v) is 3.75. The van der Waals surface area contributed by atoms with Gasteiger partial charge in [-0.15, -0.1) is 0 Å². The molecule has 0 aliphatic heterocycles. The predicted octanol–water partition coefficient (Wildman–Crippen LogP) is 2.73. The quantitative estimate of drug-likeness (QED) is 0.499. The van der Waals surface area contributed by atoms with E-state index in [0.29, 0.717) is 20.3 Å². The van der Waals surface area contributed by atoms with Crippen molar-refractivity contribution in [2.75, 3.05) is 7.11 Å². The van der Waals surface area contributed by atoms with Crippen LogP contribution in [0.2, 0.25) is 0 Å². The maximum Gasteiger partial charge on any atom is 0.173 e. The van der Waals surface area contributed by atoms with Gasteiger partial charge in [0.15, 0.2) is 11.5 Å². The third kappa shape index (κ3) is 2.01. The summed E-state index contributed by atoms with van der Waals surface area (Å²) in [6, 6.07) is 1.55. The van der Waals surface area contributed by atoms with Crippen LogP contribution < -0.4 is 4.74 Å². The molecule has 0 amide bonds. The maximum atomic E-state index is 9.56. The van der Waals surface area contributed by atoms with Gasteiger partial charge in [-0.25, -0.2) is 0 Å². The summed E-state index contributed by atoms with van der Waals surface area (Å²) in [5.41, 5.74) is 0.592. The molecule has 0 radical (unpaired) electrons. The van der Waals surface area contributed by atoms with Crippen molar-refractivity contribution in [3.63, 3.8) is 0 Å². The van der Waals surface area contributed by atoms with Gasteiger partial charge in [-0.3, -0.25) is 0 Å². The van der Waals surface area contributed by atoms with E-state index in [2.05, 4.69) is 37.0 Å². The zero-order valence-electron chi connectivity index (χ0n) is 7.16. The molecule has 0 aromatic heterocycles. The standard InChI is InChI=1S/C8H7Br2NO3/c1-14-5-2-4(3-11-13)6(9)7(10)8(5)12/h2-3,12-13H,1H3. The molecule has 2 N–H and O–H groups in total. The SMILES string of the molecule is COc1cc(C=NO)c(Br)c(Br)c1O. The number of ether oxygens (including phenoxy) is 1. The lowest BCUT2D eigenvalue weighted by atomic mass is 10.2. The van der Waals surface area contributed by atoms with Crippen molar-refractivity contribution in [3.05, 3.63) is 20.6 Å². The van der Waals surface area contributed by atoms with Crippen molar-refractivity contribution >= 4 is 38.1 Å². The van der Waals surface area contributed by atoms with E-state index in [0.717, 1.165) is 0 Å². The molecule has 1 aromatic rings. The Morgan fingerprint density at radius 1 is 1.43 bits per heavy atom. The Hall–Kier alpha value is -0.750. The van der Waals surface area contributed by atoms with Crippen molar-refractivity contribution in [2.45, 2.75) is 0 Å². The number of hydrogen-bond donors (Lipinski definition) is 2. The number of methoxy groups -OCH3 is 1. The molecule has 14 heavy (non-hydrogen) atoms. The highest BCUT2D eigenvalue weighted by molar-refractivity contribution is 9.13. The number of benzene rings is 1. The van der Waals surface area contributed by atoms with Gasteiger partial charge in [-0.2, -0.15) is 0 Å². The second-order valence-corrected chi connectivity index (χ2v) is 3.98. The summed E-state index contributed by atoms with van der Waals surface area (Å²) < 4.78 is 5.97. The molecule has 0 atom stereocenters. The van der Waals surface area contributed by atoms with Crippen molar-refractivity contribution in [2.24, 2.45) is 5.16 Å². The molecule has 0 heterocycles. The molecule has 0 spiro atoms. The van der Waals surface area contributed by atoms with Gasteiger partial charge in [0.05, 0.1) is 17.8 Å². The molecule has 0 bridgehead atoms. The molecular formula is C8H7Br2NO3.